The van der Waals surface area contributed by atoms with Crippen LogP contribution in [-0.2, 0) is 4.79 Å². The molecule has 0 radical (unpaired) electrons. The Balaban J connectivity index is 2.48. The van der Waals surface area contributed by atoms with Gasteiger partial charge in [0.2, 0.25) is 5.91 Å². The zero-order valence-electron chi connectivity index (χ0n) is 10.5. The van der Waals surface area contributed by atoms with E-state index in [1.54, 1.807) is 13.0 Å². The van der Waals surface area contributed by atoms with Crippen LogP contribution >= 0.6 is 0 Å². The van der Waals surface area contributed by atoms with Crippen molar-refractivity contribution < 1.29 is 14.0 Å². The van der Waals surface area contributed by atoms with E-state index in [9.17, 15) is 14.0 Å². The summed E-state index contributed by atoms with van der Waals surface area (Å²) >= 11 is 0. The number of carbonyl (C=O) groups excluding carboxylic acids is 2. The third kappa shape index (κ3) is 4.16. The predicted octanol–water partition coefficient (Wildman–Crippen LogP) is 1.39. The molecule has 0 aliphatic heterocycles. The maximum Gasteiger partial charge on any atom is 0.254 e. The number of hydrogen-bond donors (Lipinski definition) is 2. The molecule has 0 atom stereocenters. The monoisotopic (exact) mass is 252 g/mol. The zero-order valence-corrected chi connectivity index (χ0v) is 10.5. The minimum absolute atomic E-state index is 0.00324. The second-order valence-corrected chi connectivity index (χ2v) is 3.94. The number of carbonyl (C=O) groups is 2. The molecule has 4 nitrogen and oxygen atoms in total. The highest BCUT2D eigenvalue weighted by Crippen LogP contribution is 2.09. The van der Waals surface area contributed by atoms with Crippen LogP contribution in [-0.4, -0.2) is 24.9 Å². The van der Waals surface area contributed by atoms with Gasteiger partial charge >= 0.3 is 0 Å². The first kappa shape index (κ1) is 14.2. The first-order valence-electron chi connectivity index (χ1n) is 5.85. The highest BCUT2D eigenvalue weighted by molar-refractivity contribution is 5.94. The summed E-state index contributed by atoms with van der Waals surface area (Å²) in [5.74, 6) is -1.19. The van der Waals surface area contributed by atoms with Crippen molar-refractivity contribution in [3.8, 4) is 0 Å². The Kier molecular flexibility index (Phi) is 5.30. The Bertz CT molecular complexity index is 447. The molecule has 98 valence electrons. The van der Waals surface area contributed by atoms with E-state index in [1.807, 2.05) is 6.92 Å². The van der Waals surface area contributed by atoms with Crippen molar-refractivity contribution in [3.63, 3.8) is 0 Å². The summed E-state index contributed by atoms with van der Waals surface area (Å²) in [7, 11) is 0. The summed E-state index contributed by atoms with van der Waals surface area (Å²) in [5, 5.41) is 5.12. The number of benzene rings is 1. The smallest absolute Gasteiger partial charge is 0.254 e. The van der Waals surface area contributed by atoms with Gasteiger partial charge in [0, 0.05) is 19.5 Å². The molecule has 2 amide bonds. The van der Waals surface area contributed by atoms with E-state index in [0.717, 1.165) is 5.56 Å². The van der Waals surface area contributed by atoms with Crippen LogP contribution in [0.15, 0.2) is 18.2 Å². The maximum absolute atomic E-state index is 13.5. The lowest BCUT2D eigenvalue weighted by Crippen LogP contribution is -2.31. The molecule has 1 rings (SSSR count). The predicted molar refractivity (Wildman–Crippen MR) is 66.8 cm³/mol. The first-order valence-corrected chi connectivity index (χ1v) is 5.85. The standard InChI is InChI=1S/C13H17FN2O2/c1-3-15-12(17)6-7-16-13(18)10-5-4-9(2)8-11(10)14/h4-5,8H,3,6-7H2,1-2H3,(H,15,17)(H,16,18). The van der Waals surface area contributed by atoms with Gasteiger partial charge < -0.3 is 10.6 Å². The third-order valence-corrected chi connectivity index (χ3v) is 2.38. The van der Waals surface area contributed by atoms with E-state index >= 15 is 0 Å². The van der Waals surface area contributed by atoms with Gasteiger partial charge in [0.15, 0.2) is 0 Å². The van der Waals surface area contributed by atoms with Crippen molar-refractivity contribution in [2.45, 2.75) is 20.3 Å². The van der Waals surface area contributed by atoms with Crippen LogP contribution in [0.3, 0.4) is 0 Å². The average molecular weight is 252 g/mol. The fraction of sp³-hybridized carbons (Fsp3) is 0.385. The molecule has 0 spiro atoms. The van der Waals surface area contributed by atoms with E-state index in [-0.39, 0.29) is 24.4 Å². The van der Waals surface area contributed by atoms with Gasteiger partial charge in [-0.15, -0.1) is 0 Å². The van der Waals surface area contributed by atoms with E-state index in [1.165, 1.54) is 12.1 Å². The van der Waals surface area contributed by atoms with Crippen LogP contribution in [0, 0.1) is 12.7 Å². The second kappa shape index (κ2) is 6.74. The summed E-state index contributed by atoms with van der Waals surface area (Å²) in [6.07, 6.45) is 0.188. The summed E-state index contributed by atoms with van der Waals surface area (Å²) in [4.78, 5) is 22.8. The first-order chi connectivity index (χ1) is 8.54. The van der Waals surface area contributed by atoms with Gasteiger partial charge in [-0.3, -0.25) is 9.59 Å². The van der Waals surface area contributed by atoms with Gasteiger partial charge in [0.05, 0.1) is 5.56 Å². The van der Waals surface area contributed by atoms with Crippen molar-refractivity contribution in [2.24, 2.45) is 0 Å². The summed E-state index contributed by atoms with van der Waals surface area (Å²) in [6.45, 7) is 4.31. The van der Waals surface area contributed by atoms with Crippen LogP contribution in [0.5, 0.6) is 0 Å². The molecule has 0 unspecified atom stereocenters. The number of aryl methyl sites for hydroxylation is 1. The highest BCUT2D eigenvalue weighted by Gasteiger charge is 2.11. The molecular formula is C13H17FN2O2. The van der Waals surface area contributed by atoms with Gasteiger partial charge in [-0.1, -0.05) is 6.07 Å². The van der Waals surface area contributed by atoms with Crippen LogP contribution in [0.25, 0.3) is 0 Å². The summed E-state index contributed by atoms with van der Waals surface area (Å²) in [5.41, 5.74) is 0.753. The van der Waals surface area contributed by atoms with Crippen LogP contribution in [0.1, 0.15) is 29.3 Å². The molecule has 0 fully saturated rings. The number of nitrogens with one attached hydrogen (secondary N) is 2. The fourth-order valence-corrected chi connectivity index (χ4v) is 1.47. The van der Waals surface area contributed by atoms with Crippen molar-refractivity contribution in [1.29, 1.82) is 0 Å². The van der Waals surface area contributed by atoms with Crippen LogP contribution in [0.2, 0.25) is 0 Å². The lowest BCUT2D eigenvalue weighted by Gasteiger charge is -2.06. The lowest BCUT2D eigenvalue weighted by molar-refractivity contribution is -0.120. The Labute approximate surface area is 106 Å². The van der Waals surface area contributed by atoms with E-state index in [2.05, 4.69) is 10.6 Å². The van der Waals surface area contributed by atoms with Crippen molar-refractivity contribution in [3.05, 3.63) is 35.1 Å². The van der Waals surface area contributed by atoms with E-state index in [4.69, 9.17) is 0 Å². The Morgan fingerprint density at radius 1 is 1.28 bits per heavy atom. The second-order valence-electron chi connectivity index (χ2n) is 3.94. The minimum atomic E-state index is -0.550. The molecule has 0 saturated heterocycles. The van der Waals surface area contributed by atoms with Gasteiger partial charge in [-0.25, -0.2) is 4.39 Å². The quantitative estimate of drug-likeness (QED) is 0.832. The fourth-order valence-electron chi connectivity index (χ4n) is 1.47. The molecule has 0 saturated carbocycles. The topological polar surface area (TPSA) is 58.2 Å². The average Bonchev–Trinajstić information content (AvgIpc) is 2.29. The molecule has 1 aromatic carbocycles. The number of amides is 2. The molecule has 0 aliphatic carbocycles. The van der Waals surface area contributed by atoms with Crippen molar-refractivity contribution >= 4 is 11.8 Å². The lowest BCUT2D eigenvalue weighted by atomic mass is 10.1. The minimum Gasteiger partial charge on any atom is -0.356 e. The Morgan fingerprint density at radius 3 is 2.61 bits per heavy atom. The van der Waals surface area contributed by atoms with Crippen LogP contribution in [0.4, 0.5) is 4.39 Å². The van der Waals surface area contributed by atoms with Crippen LogP contribution < -0.4 is 10.6 Å². The zero-order chi connectivity index (χ0) is 13.5. The molecule has 1 aromatic rings. The molecular weight excluding hydrogens is 235 g/mol. The van der Waals surface area contributed by atoms with E-state index < -0.39 is 11.7 Å². The summed E-state index contributed by atoms with van der Waals surface area (Å²) < 4.78 is 13.5. The number of hydrogen-bond acceptors (Lipinski definition) is 2. The van der Waals surface area contributed by atoms with Gasteiger partial charge in [0.25, 0.3) is 5.91 Å². The van der Waals surface area contributed by atoms with Gasteiger partial charge in [-0.05, 0) is 31.5 Å². The van der Waals surface area contributed by atoms with Crippen molar-refractivity contribution in [1.82, 2.24) is 10.6 Å². The van der Waals surface area contributed by atoms with Crippen molar-refractivity contribution in [2.75, 3.05) is 13.1 Å². The van der Waals surface area contributed by atoms with E-state index in [0.29, 0.717) is 6.54 Å². The maximum atomic E-state index is 13.5. The third-order valence-electron chi connectivity index (χ3n) is 2.38. The Hall–Kier alpha value is -1.91. The SMILES string of the molecule is CCNC(=O)CCNC(=O)c1ccc(C)cc1F. The normalized spacial score (nSPS) is 9.94. The molecule has 0 bridgehead atoms. The summed E-state index contributed by atoms with van der Waals surface area (Å²) in [6, 6.07) is 4.41. The molecule has 0 aromatic heterocycles. The molecule has 5 heteroatoms. The highest BCUT2D eigenvalue weighted by atomic mass is 19.1. The molecule has 0 heterocycles. The van der Waals surface area contributed by atoms with Gasteiger partial charge in [-0.2, -0.15) is 0 Å². The number of rotatable bonds is 5. The van der Waals surface area contributed by atoms with Gasteiger partial charge in [0.1, 0.15) is 5.82 Å². The molecule has 2 N–H and O–H groups in total. The largest absolute Gasteiger partial charge is 0.356 e. The molecule has 0 aliphatic rings. The molecule has 18 heavy (non-hydrogen) atoms. The Morgan fingerprint density at radius 2 is 2.00 bits per heavy atom. The number of halogens is 1.